The molecule has 0 spiro atoms. The predicted molar refractivity (Wildman–Crippen MR) is 126 cm³/mol. The molecule has 2 N–H and O–H groups in total. The Kier molecular flexibility index (Phi) is 7.30. The van der Waals surface area contributed by atoms with Crippen molar-refractivity contribution in [3.05, 3.63) is 47.3 Å². The van der Waals surface area contributed by atoms with Gasteiger partial charge in [0.25, 0.3) is 5.91 Å². The topological polar surface area (TPSA) is 69.2 Å². The van der Waals surface area contributed by atoms with Crippen LogP contribution in [0.15, 0.2) is 46.8 Å². The molecule has 0 unspecified atom stereocenters. The van der Waals surface area contributed by atoms with E-state index in [1.54, 1.807) is 11.3 Å². The molecule has 4 rings (SSSR count). The third-order valence-corrected chi connectivity index (χ3v) is 6.28. The zero-order chi connectivity index (χ0) is 21.5. The van der Waals surface area contributed by atoms with Crippen LogP contribution in [0.2, 0.25) is 0 Å². The van der Waals surface area contributed by atoms with Crippen LogP contribution >= 0.6 is 11.3 Å². The molecule has 1 saturated heterocycles. The smallest absolute Gasteiger partial charge is 0.258 e. The summed E-state index contributed by atoms with van der Waals surface area (Å²) in [6.07, 6.45) is 2.16. The molecule has 1 aromatic carbocycles. The average molecular weight is 442 g/mol. The zero-order valence-electron chi connectivity index (χ0n) is 18.0. The second-order valence-electron chi connectivity index (χ2n) is 7.87. The van der Waals surface area contributed by atoms with Gasteiger partial charge in [-0.3, -0.25) is 4.79 Å². The summed E-state index contributed by atoms with van der Waals surface area (Å²) >= 11 is 1.79. The maximum absolute atomic E-state index is 11.8. The molecule has 0 atom stereocenters. The lowest BCUT2D eigenvalue weighted by Crippen LogP contribution is -2.52. The summed E-state index contributed by atoms with van der Waals surface area (Å²) in [6.45, 7) is 7.45. The first-order valence-corrected chi connectivity index (χ1v) is 11.9. The van der Waals surface area contributed by atoms with Crippen molar-refractivity contribution < 1.29 is 9.53 Å². The molecular formula is C23H31N5O2S. The summed E-state index contributed by atoms with van der Waals surface area (Å²) in [5.74, 6) is 1.60. The standard InChI is InChI=1S/C23H31N5O2S/c1-2-24-23(28-12-10-27(11-13-28)22-7-4-14-31-22)25-16-18-5-3-6-20(15-18)30-17-21(29)26-19-8-9-19/h3-7,14-15,19H,2,8-13,16-17H2,1H3,(H,24,25)(H,26,29). The van der Waals surface area contributed by atoms with Crippen LogP contribution in [-0.4, -0.2) is 62.1 Å². The minimum Gasteiger partial charge on any atom is -0.484 e. The predicted octanol–water partition coefficient (Wildman–Crippen LogP) is 2.69. The maximum atomic E-state index is 11.8. The highest BCUT2D eigenvalue weighted by atomic mass is 32.1. The van der Waals surface area contributed by atoms with Crippen molar-refractivity contribution >= 4 is 28.2 Å². The van der Waals surface area contributed by atoms with Gasteiger partial charge in [-0.15, -0.1) is 11.3 Å². The van der Waals surface area contributed by atoms with Crippen LogP contribution in [0.4, 0.5) is 5.00 Å². The number of thiophene rings is 1. The normalized spacial score (nSPS) is 16.9. The number of piperazine rings is 1. The second-order valence-corrected chi connectivity index (χ2v) is 8.80. The van der Waals surface area contributed by atoms with Gasteiger partial charge in [0.1, 0.15) is 5.75 Å². The van der Waals surface area contributed by atoms with Gasteiger partial charge in [-0.2, -0.15) is 0 Å². The molecule has 2 heterocycles. The van der Waals surface area contributed by atoms with Gasteiger partial charge in [0.05, 0.1) is 11.5 Å². The van der Waals surface area contributed by atoms with Crippen LogP contribution < -0.4 is 20.3 Å². The summed E-state index contributed by atoms with van der Waals surface area (Å²) < 4.78 is 5.66. The van der Waals surface area contributed by atoms with Crippen molar-refractivity contribution in [2.24, 2.45) is 4.99 Å². The Morgan fingerprint density at radius 2 is 2.03 bits per heavy atom. The molecule has 1 saturated carbocycles. The molecular weight excluding hydrogens is 410 g/mol. The minimum atomic E-state index is -0.0537. The number of rotatable bonds is 8. The van der Waals surface area contributed by atoms with Gasteiger partial charge in [-0.05, 0) is 55.0 Å². The molecule has 1 aromatic heterocycles. The van der Waals surface area contributed by atoms with Gasteiger partial charge < -0.3 is 25.2 Å². The maximum Gasteiger partial charge on any atom is 0.258 e. The van der Waals surface area contributed by atoms with Gasteiger partial charge in [-0.1, -0.05) is 12.1 Å². The van der Waals surface area contributed by atoms with Crippen molar-refractivity contribution in [3.63, 3.8) is 0 Å². The Balaban J connectivity index is 1.31. The average Bonchev–Trinajstić information content (AvgIpc) is 3.43. The quantitative estimate of drug-likeness (QED) is 0.487. The van der Waals surface area contributed by atoms with E-state index in [1.165, 1.54) is 5.00 Å². The van der Waals surface area contributed by atoms with Crippen molar-refractivity contribution in [2.45, 2.75) is 32.4 Å². The number of carbonyl (C=O) groups is 1. The van der Waals surface area contributed by atoms with Crippen molar-refractivity contribution in [1.29, 1.82) is 0 Å². The fourth-order valence-electron chi connectivity index (χ4n) is 3.56. The van der Waals surface area contributed by atoms with Crippen LogP contribution in [0.25, 0.3) is 0 Å². The zero-order valence-corrected chi connectivity index (χ0v) is 18.9. The van der Waals surface area contributed by atoms with Crippen LogP contribution in [0, 0.1) is 0 Å². The highest BCUT2D eigenvalue weighted by Gasteiger charge is 2.23. The van der Waals surface area contributed by atoms with E-state index in [0.717, 1.165) is 57.1 Å². The number of hydrogen-bond donors (Lipinski definition) is 2. The minimum absolute atomic E-state index is 0.0537. The number of guanidine groups is 1. The van der Waals surface area contributed by atoms with E-state index in [9.17, 15) is 4.79 Å². The molecule has 1 aliphatic heterocycles. The molecule has 2 fully saturated rings. The SMILES string of the molecule is CCNC(=NCc1cccc(OCC(=O)NC2CC2)c1)N1CCN(c2cccs2)CC1. The fourth-order valence-corrected chi connectivity index (χ4v) is 4.35. The first kappa shape index (κ1) is 21.5. The van der Waals surface area contributed by atoms with E-state index in [2.05, 4.69) is 44.9 Å². The first-order chi connectivity index (χ1) is 15.2. The van der Waals surface area contributed by atoms with Gasteiger partial charge >= 0.3 is 0 Å². The Morgan fingerprint density at radius 3 is 2.74 bits per heavy atom. The van der Waals surface area contributed by atoms with Crippen molar-refractivity contribution in [1.82, 2.24) is 15.5 Å². The number of hydrogen-bond acceptors (Lipinski definition) is 5. The highest BCUT2D eigenvalue weighted by Crippen LogP contribution is 2.22. The van der Waals surface area contributed by atoms with E-state index in [0.29, 0.717) is 18.3 Å². The number of benzene rings is 1. The summed E-state index contributed by atoms with van der Waals surface area (Å²) in [7, 11) is 0. The van der Waals surface area contributed by atoms with E-state index < -0.39 is 0 Å². The van der Waals surface area contributed by atoms with Gasteiger partial charge in [-0.25, -0.2) is 4.99 Å². The molecule has 1 amide bonds. The first-order valence-electron chi connectivity index (χ1n) is 11.0. The number of nitrogens with zero attached hydrogens (tertiary/aromatic N) is 3. The summed E-state index contributed by atoms with van der Waals surface area (Å²) in [5.41, 5.74) is 1.06. The monoisotopic (exact) mass is 441 g/mol. The molecule has 0 bridgehead atoms. The number of nitrogens with one attached hydrogen (secondary N) is 2. The Bertz CT molecular complexity index is 874. The van der Waals surface area contributed by atoms with Crippen LogP contribution in [-0.2, 0) is 11.3 Å². The number of anilines is 1. The molecule has 0 radical (unpaired) electrons. The summed E-state index contributed by atoms with van der Waals surface area (Å²) in [5, 5.41) is 9.83. The highest BCUT2D eigenvalue weighted by molar-refractivity contribution is 7.14. The van der Waals surface area contributed by atoms with E-state index >= 15 is 0 Å². The number of amides is 1. The third kappa shape index (κ3) is 6.37. The van der Waals surface area contributed by atoms with Crippen molar-refractivity contribution in [3.8, 4) is 5.75 Å². The van der Waals surface area contributed by atoms with Gasteiger partial charge in [0, 0.05) is 38.8 Å². The molecule has 8 heteroatoms. The number of ether oxygens (including phenoxy) is 1. The Morgan fingerprint density at radius 1 is 1.19 bits per heavy atom. The molecule has 31 heavy (non-hydrogen) atoms. The van der Waals surface area contributed by atoms with Crippen LogP contribution in [0.5, 0.6) is 5.75 Å². The third-order valence-electron chi connectivity index (χ3n) is 5.35. The van der Waals surface area contributed by atoms with E-state index in [1.807, 2.05) is 24.3 Å². The van der Waals surface area contributed by atoms with Crippen LogP contribution in [0.1, 0.15) is 25.3 Å². The van der Waals surface area contributed by atoms with E-state index in [4.69, 9.17) is 9.73 Å². The molecule has 7 nitrogen and oxygen atoms in total. The largest absolute Gasteiger partial charge is 0.484 e. The molecule has 2 aliphatic rings. The lowest BCUT2D eigenvalue weighted by atomic mass is 10.2. The van der Waals surface area contributed by atoms with Crippen molar-refractivity contribution in [2.75, 3.05) is 44.2 Å². The van der Waals surface area contributed by atoms with Gasteiger partial charge in [0.15, 0.2) is 12.6 Å². The lowest BCUT2D eigenvalue weighted by molar-refractivity contribution is -0.123. The lowest BCUT2D eigenvalue weighted by Gasteiger charge is -2.37. The van der Waals surface area contributed by atoms with Crippen LogP contribution in [0.3, 0.4) is 0 Å². The number of carbonyl (C=O) groups excluding carboxylic acids is 1. The number of aliphatic imine (C=N–C) groups is 1. The summed E-state index contributed by atoms with van der Waals surface area (Å²) in [6, 6.07) is 12.5. The fraction of sp³-hybridized carbons (Fsp3) is 0.478. The molecule has 1 aliphatic carbocycles. The second kappa shape index (κ2) is 10.5. The molecule has 2 aromatic rings. The molecule has 166 valence electrons. The Labute approximate surface area is 188 Å². The summed E-state index contributed by atoms with van der Waals surface area (Å²) in [4.78, 5) is 21.5. The van der Waals surface area contributed by atoms with Gasteiger partial charge in [0.2, 0.25) is 0 Å². The van der Waals surface area contributed by atoms with E-state index in [-0.39, 0.29) is 12.5 Å². The Hall–Kier alpha value is -2.74.